The molecule has 0 spiro atoms. The number of rotatable bonds is 5. The lowest BCUT2D eigenvalue weighted by molar-refractivity contribution is 0.656. The summed E-state index contributed by atoms with van der Waals surface area (Å²) in [7, 11) is 0. The van der Waals surface area contributed by atoms with Gasteiger partial charge < -0.3 is 9.73 Å². The Labute approximate surface area is 271 Å². The van der Waals surface area contributed by atoms with E-state index in [1.165, 1.54) is 0 Å². The van der Waals surface area contributed by atoms with E-state index in [2.05, 4.69) is 113 Å². The van der Waals surface area contributed by atoms with Gasteiger partial charge in [0.1, 0.15) is 11.7 Å². The fourth-order valence-corrected chi connectivity index (χ4v) is 6.35. The fraction of sp³-hybridized carbons (Fsp3) is 0.0238. The number of allylic oxidation sites excluding steroid dienone is 1. The molecule has 0 radical (unpaired) electrons. The largest absolute Gasteiger partial charge is 0.438 e. The van der Waals surface area contributed by atoms with Crippen LogP contribution in [0, 0.1) is 0 Å². The van der Waals surface area contributed by atoms with Crippen LogP contribution in [-0.4, -0.2) is 15.7 Å². The van der Waals surface area contributed by atoms with Crippen LogP contribution in [0.25, 0.3) is 60.9 Å². The molecule has 1 unspecified atom stereocenters. The Balaban J connectivity index is 1.06. The Kier molecular flexibility index (Phi) is 6.46. The lowest BCUT2D eigenvalue weighted by Crippen LogP contribution is -2.24. The quantitative estimate of drug-likeness (QED) is 0.212. The summed E-state index contributed by atoms with van der Waals surface area (Å²) in [5, 5.41) is 6.87. The molecular weight excluding hydrogens is 576 g/mol. The molecule has 1 N–H and O–H groups in total. The lowest BCUT2D eigenvalue weighted by atomic mass is 9.97. The first-order valence-corrected chi connectivity index (χ1v) is 15.7. The molecule has 0 amide bonds. The second-order valence-corrected chi connectivity index (χ2v) is 11.8. The summed E-state index contributed by atoms with van der Waals surface area (Å²) in [5.41, 5.74) is 12.2. The summed E-state index contributed by atoms with van der Waals surface area (Å²) in [5.74, 6) is 0. The molecule has 5 heteroatoms. The molecule has 0 saturated carbocycles. The SMILES string of the molecule is C1=C(c2ccc(-c3ccncc3)cc2)NC(c2ccccc2)N=C1c1ccc(-c2ccc3oc4nc5ccccc5cc4c3c2)cc1. The van der Waals surface area contributed by atoms with E-state index in [1.54, 1.807) is 0 Å². The van der Waals surface area contributed by atoms with Gasteiger partial charge in [-0.2, -0.15) is 0 Å². The summed E-state index contributed by atoms with van der Waals surface area (Å²) in [6.45, 7) is 0. The second-order valence-electron chi connectivity index (χ2n) is 11.8. The Bertz CT molecular complexity index is 2460. The first-order valence-electron chi connectivity index (χ1n) is 15.7. The van der Waals surface area contributed by atoms with E-state index in [1.807, 2.05) is 54.9 Å². The number of para-hydroxylation sites is 1. The minimum absolute atomic E-state index is 0.202. The molecule has 8 aromatic rings. The molecule has 4 heterocycles. The average Bonchev–Trinajstić information content (AvgIpc) is 3.51. The van der Waals surface area contributed by atoms with Crippen LogP contribution in [0.3, 0.4) is 0 Å². The number of hydrogen-bond donors (Lipinski definition) is 1. The van der Waals surface area contributed by atoms with Crippen LogP contribution in [0.15, 0.2) is 167 Å². The number of fused-ring (bicyclic) bond motifs is 4. The van der Waals surface area contributed by atoms with E-state index >= 15 is 0 Å². The van der Waals surface area contributed by atoms with Gasteiger partial charge in [-0.1, -0.05) is 103 Å². The zero-order valence-electron chi connectivity index (χ0n) is 25.3. The molecule has 0 aliphatic carbocycles. The van der Waals surface area contributed by atoms with Gasteiger partial charge in [0.05, 0.1) is 11.2 Å². The van der Waals surface area contributed by atoms with Crippen molar-refractivity contribution in [1.82, 2.24) is 15.3 Å². The van der Waals surface area contributed by atoms with Crippen LogP contribution in [-0.2, 0) is 0 Å². The minimum Gasteiger partial charge on any atom is -0.438 e. The maximum atomic E-state index is 6.13. The van der Waals surface area contributed by atoms with Gasteiger partial charge >= 0.3 is 0 Å². The number of aliphatic imine (C=N–C) groups is 1. The first-order chi connectivity index (χ1) is 23.2. The van der Waals surface area contributed by atoms with Gasteiger partial charge in [0.25, 0.3) is 0 Å². The van der Waals surface area contributed by atoms with Crippen LogP contribution in [0.5, 0.6) is 0 Å². The third kappa shape index (κ3) is 5.04. The van der Waals surface area contributed by atoms with Gasteiger partial charge in [-0.15, -0.1) is 0 Å². The topological polar surface area (TPSA) is 63.3 Å². The highest BCUT2D eigenvalue weighted by atomic mass is 16.3. The smallest absolute Gasteiger partial charge is 0.227 e. The number of nitrogens with one attached hydrogen (secondary N) is 1. The molecule has 0 saturated heterocycles. The molecule has 1 aliphatic rings. The highest BCUT2D eigenvalue weighted by molar-refractivity contribution is 6.13. The monoisotopic (exact) mass is 604 g/mol. The lowest BCUT2D eigenvalue weighted by Gasteiger charge is -2.25. The van der Waals surface area contributed by atoms with Crippen molar-refractivity contribution in [1.29, 1.82) is 0 Å². The summed E-state index contributed by atoms with van der Waals surface area (Å²) in [4.78, 5) is 14.1. The number of furan rings is 1. The average molecular weight is 605 g/mol. The van der Waals surface area contributed by atoms with Crippen molar-refractivity contribution < 1.29 is 4.42 Å². The number of pyridine rings is 2. The molecule has 5 nitrogen and oxygen atoms in total. The van der Waals surface area contributed by atoms with Crippen molar-refractivity contribution in [3.63, 3.8) is 0 Å². The Morgan fingerprint density at radius 1 is 0.553 bits per heavy atom. The van der Waals surface area contributed by atoms with Gasteiger partial charge in [0.2, 0.25) is 5.71 Å². The molecule has 3 aromatic heterocycles. The van der Waals surface area contributed by atoms with Crippen molar-refractivity contribution in [3.8, 4) is 22.3 Å². The maximum absolute atomic E-state index is 6.13. The van der Waals surface area contributed by atoms with Gasteiger partial charge in [0.15, 0.2) is 0 Å². The summed E-state index contributed by atoms with van der Waals surface area (Å²) in [6, 6.07) is 48.4. The zero-order valence-corrected chi connectivity index (χ0v) is 25.3. The molecule has 0 bridgehead atoms. The predicted octanol–water partition coefficient (Wildman–Crippen LogP) is 10.00. The van der Waals surface area contributed by atoms with Crippen LogP contribution >= 0.6 is 0 Å². The second kappa shape index (κ2) is 11.2. The molecule has 222 valence electrons. The highest BCUT2D eigenvalue weighted by Gasteiger charge is 2.20. The van der Waals surface area contributed by atoms with Crippen LogP contribution in [0.1, 0.15) is 22.9 Å². The predicted molar refractivity (Wildman–Crippen MR) is 191 cm³/mol. The van der Waals surface area contributed by atoms with E-state index in [-0.39, 0.29) is 6.17 Å². The number of nitrogens with zero attached hydrogens (tertiary/aromatic N) is 3. The van der Waals surface area contributed by atoms with E-state index in [0.29, 0.717) is 5.71 Å². The van der Waals surface area contributed by atoms with Gasteiger partial charge in [-0.3, -0.25) is 9.98 Å². The molecule has 9 rings (SSSR count). The van der Waals surface area contributed by atoms with Crippen molar-refractivity contribution in [2.75, 3.05) is 0 Å². The third-order valence-corrected chi connectivity index (χ3v) is 8.85. The number of hydrogen-bond acceptors (Lipinski definition) is 5. The minimum atomic E-state index is -0.202. The summed E-state index contributed by atoms with van der Waals surface area (Å²) in [6.07, 6.45) is 5.59. The first kappa shape index (κ1) is 27.0. The molecule has 5 aromatic carbocycles. The highest BCUT2D eigenvalue weighted by Crippen LogP contribution is 2.34. The normalized spacial score (nSPS) is 14.6. The third-order valence-electron chi connectivity index (χ3n) is 8.85. The van der Waals surface area contributed by atoms with E-state index in [9.17, 15) is 0 Å². The standard InChI is InChI=1S/C42H28N4O/c1-2-6-32(7-3-1)41-44-38(30-14-10-27(11-15-30)29-20-22-43-23-21-29)26-39(45-41)31-16-12-28(13-17-31)33-18-19-40-35(24-33)36-25-34-8-4-5-9-37(34)46-42(36)47-40/h1-26,41,44H. The van der Waals surface area contributed by atoms with E-state index in [4.69, 9.17) is 14.4 Å². The van der Waals surface area contributed by atoms with E-state index in [0.717, 1.165) is 77.6 Å². The van der Waals surface area contributed by atoms with Gasteiger partial charge in [-0.05, 0) is 81.4 Å². The number of benzene rings is 5. The maximum Gasteiger partial charge on any atom is 0.227 e. The summed E-state index contributed by atoms with van der Waals surface area (Å²) >= 11 is 0. The molecular formula is C42H28N4O. The Morgan fingerprint density at radius 2 is 1.21 bits per heavy atom. The fourth-order valence-electron chi connectivity index (χ4n) is 6.35. The van der Waals surface area contributed by atoms with Gasteiger partial charge in [-0.25, -0.2) is 4.98 Å². The van der Waals surface area contributed by atoms with Crippen LogP contribution in [0.2, 0.25) is 0 Å². The van der Waals surface area contributed by atoms with Crippen molar-refractivity contribution >= 4 is 44.4 Å². The van der Waals surface area contributed by atoms with Crippen molar-refractivity contribution in [3.05, 3.63) is 175 Å². The van der Waals surface area contributed by atoms with Crippen LogP contribution in [0.4, 0.5) is 0 Å². The van der Waals surface area contributed by atoms with Gasteiger partial charge in [0, 0.05) is 34.2 Å². The molecule has 1 aliphatic heterocycles. The number of aromatic nitrogens is 2. The van der Waals surface area contributed by atoms with Crippen molar-refractivity contribution in [2.45, 2.75) is 6.17 Å². The summed E-state index contributed by atoms with van der Waals surface area (Å²) < 4.78 is 6.13. The molecule has 47 heavy (non-hydrogen) atoms. The van der Waals surface area contributed by atoms with Crippen molar-refractivity contribution in [2.24, 2.45) is 4.99 Å². The Morgan fingerprint density at radius 3 is 2.02 bits per heavy atom. The molecule has 1 atom stereocenters. The zero-order chi connectivity index (χ0) is 31.2. The van der Waals surface area contributed by atoms with E-state index < -0.39 is 0 Å². The molecule has 0 fully saturated rings. The van der Waals surface area contributed by atoms with Crippen LogP contribution < -0.4 is 5.32 Å². The Hall–Kier alpha value is -6.33.